The Morgan fingerprint density at radius 2 is 2.00 bits per heavy atom. The van der Waals surface area contributed by atoms with Crippen LogP contribution in [-0.2, 0) is 4.79 Å². The molecule has 1 aliphatic rings. The van der Waals surface area contributed by atoms with Crippen LogP contribution in [0.15, 0.2) is 24.3 Å². The molecule has 94 valence electrons. The Morgan fingerprint density at radius 1 is 1.26 bits per heavy atom. The molecular formula is C14H10N2O3. The molecule has 0 saturated carbocycles. The Labute approximate surface area is 108 Å². The summed E-state index contributed by atoms with van der Waals surface area (Å²) in [5.74, 6) is -0.324. The van der Waals surface area contributed by atoms with E-state index in [-0.39, 0.29) is 17.3 Å². The first kappa shape index (κ1) is 11.4. The van der Waals surface area contributed by atoms with Crippen molar-refractivity contribution in [3.05, 3.63) is 45.5 Å². The number of carbonyl (C=O) groups excluding carboxylic acids is 1. The first-order valence-corrected chi connectivity index (χ1v) is 5.77. The zero-order valence-corrected chi connectivity index (χ0v) is 10.1. The predicted molar refractivity (Wildman–Crippen MR) is 73.8 cm³/mol. The molecule has 0 unspecified atom stereocenters. The molecule has 0 saturated heterocycles. The van der Waals surface area contributed by atoms with Gasteiger partial charge >= 0.3 is 0 Å². The normalized spacial score (nSPS) is 11.8. The number of anilines is 1. The third-order valence-electron chi connectivity index (χ3n) is 3.14. The number of benzene rings is 2. The van der Waals surface area contributed by atoms with Crippen molar-refractivity contribution in [2.75, 3.05) is 5.32 Å². The number of nitrogens with one attached hydrogen (secondary N) is 1. The number of rotatable bonds is 2. The summed E-state index contributed by atoms with van der Waals surface area (Å²) in [7, 11) is 0. The molecule has 19 heavy (non-hydrogen) atoms. The molecule has 5 nitrogen and oxygen atoms in total. The van der Waals surface area contributed by atoms with Gasteiger partial charge in [0.15, 0.2) is 0 Å². The highest BCUT2D eigenvalue weighted by Gasteiger charge is 2.22. The van der Waals surface area contributed by atoms with Crippen molar-refractivity contribution < 1.29 is 9.72 Å². The largest absolute Gasteiger partial charge is 0.320 e. The number of carbonyl (C=O) groups is 1. The van der Waals surface area contributed by atoms with Gasteiger partial charge in [0.05, 0.1) is 4.92 Å². The quantitative estimate of drug-likeness (QED) is 0.563. The van der Waals surface area contributed by atoms with Crippen molar-refractivity contribution in [3.8, 4) is 0 Å². The van der Waals surface area contributed by atoms with Crippen LogP contribution in [0.1, 0.15) is 18.1 Å². The lowest BCUT2D eigenvalue weighted by Crippen LogP contribution is -2.09. The highest BCUT2D eigenvalue weighted by molar-refractivity contribution is 6.14. The molecule has 0 fully saturated rings. The second-order valence-corrected chi connectivity index (χ2v) is 4.40. The van der Waals surface area contributed by atoms with Gasteiger partial charge in [-0.05, 0) is 16.5 Å². The molecule has 2 aromatic rings. The number of hydrogen-bond donors (Lipinski definition) is 1. The van der Waals surface area contributed by atoms with E-state index in [4.69, 9.17) is 0 Å². The zero-order valence-electron chi connectivity index (χ0n) is 10.1. The minimum absolute atomic E-state index is 0.0820. The topological polar surface area (TPSA) is 72.2 Å². The van der Waals surface area contributed by atoms with Crippen LogP contribution in [0.25, 0.3) is 22.9 Å². The molecule has 0 atom stereocenters. The summed E-state index contributed by atoms with van der Waals surface area (Å²) in [5.41, 5.74) is 2.00. The van der Waals surface area contributed by atoms with Crippen LogP contribution in [0.3, 0.4) is 0 Å². The summed E-state index contributed by atoms with van der Waals surface area (Å²) in [6.45, 7) is 1.34. The average molecular weight is 254 g/mol. The van der Waals surface area contributed by atoms with E-state index in [2.05, 4.69) is 5.32 Å². The Hall–Kier alpha value is -2.69. The van der Waals surface area contributed by atoms with Gasteiger partial charge in [0.1, 0.15) is 5.69 Å². The fourth-order valence-electron chi connectivity index (χ4n) is 2.43. The van der Waals surface area contributed by atoms with E-state index in [1.807, 2.05) is 24.3 Å². The van der Waals surface area contributed by atoms with E-state index in [9.17, 15) is 14.9 Å². The lowest BCUT2D eigenvalue weighted by molar-refractivity contribution is -0.383. The maximum atomic E-state index is 11.3. The minimum atomic E-state index is -0.472. The number of hydrogen-bond acceptors (Lipinski definition) is 3. The molecule has 1 aliphatic carbocycles. The average Bonchev–Trinajstić information content (AvgIpc) is 2.76. The van der Waals surface area contributed by atoms with Crippen molar-refractivity contribution in [1.82, 2.24) is 0 Å². The Kier molecular flexibility index (Phi) is 2.35. The predicted octanol–water partition coefficient (Wildman–Crippen LogP) is 3.19. The second-order valence-electron chi connectivity index (χ2n) is 4.40. The van der Waals surface area contributed by atoms with Gasteiger partial charge in [-0.25, -0.2) is 0 Å². The van der Waals surface area contributed by atoms with Crippen molar-refractivity contribution in [2.45, 2.75) is 6.92 Å². The van der Waals surface area contributed by atoms with E-state index in [0.29, 0.717) is 5.39 Å². The van der Waals surface area contributed by atoms with Gasteiger partial charge in [-0.15, -0.1) is 0 Å². The smallest absolute Gasteiger partial charge is 0.294 e. The highest BCUT2D eigenvalue weighted by Crippen LogP contribution is 2.40. The third kappa shape index (κ3) is 1.67. The van der Waals surface area contributed by atoms with Crippen LogP contribution >= 0.6 is 0 Å². The molecule has 1 amide bonds. The minimum Gasteiger partial charge on any atom is -0.320 e. The van der Waals surface area contributed by atoms with Crippen molar-refractivity contribution in [3.63, 3.8) is 0 Å². The van der Waals surface area contributed by atoms with Crippen LogP contribution < -0.4 is 5.32 Å². The van der Waals surface area contributed by atoms with Crippen LogP contribution in [0.5, 0.6) is 0 Å². The molecule has 0 bridgehead atoms. The summed E-state index contributed by atoms with van der Waals surface area (Å²) >= 11 is 0. The number of amides is 1. The number of nitrogens with zero attached hydrogens (tertiary/aromatic N) is 1. The van der Waals surface area contributed by atoms with Gasteiger partial charge in [-0.1, -0.05) is 30.4 Å². The SMILES string of the molecule is CC(=O)Nc1c([N+](=O)[O-])cc2c3c(cccc13)C=C2. The number of nitro groups is 1. The van der Waals surface area contributed by atoms with Crippen molar-refractivity contribution in [1.29, 1.82) is 0 Å². The van der Waals surface area contributed by atoms with E-state index in [1.165, 1.54) is 13.0 Å². The summed E-state index contributed by atoms with van der Waals surface area (Å²) in [4.78, 5) is 22.0. The zero-order chi connectivity index (χ0) is 13.6. The van der Waals surface area contributed by atoms with Crippen LogP contribution in [0.4, 0.5) is 11.4 Å². The number of nitro benzene ring substituents is 1. The lowest BCUT2D eigenvalue weighted by Gasteiger charge is -2.10. The summed E-state index contributed by atoms with van der Waals surface area (Å²) < 4.78 is 0. The molecular weight excluding hydrogens is 244 g/mol. The molecule has 1 N–H and O–H groups in total. The molecule has 5 heteroatoms. The van der Waals surface area contributed by atoms with Crippen molar-refractivity contribution >= 4 is 40.2 Å². The first-order chi connectivity index (χ1) is 9.08. The van der Waals surface area contributed by atoms with Gasteiger partial charge in [0, 0.05) is 18.4 Å². The van der Waals surface area contributed by atoms with Gasteiger partial charge in [-0.3, -0.25) is 14.9 Å². The van der Waals surface area contributed by atoms with Crippen LogP contribution in [0.2, 0.25) is 0 Å². The Balaban J connectivity index is 2.41. The maximum Gasteiger partial charge on any atom is 0.294 e. The monoisotopic (exact) mass is 254 g/mol. The molecule has 0 radical (unpaired) electrons. The van der Waals surface area contributed by atoms with E-state index in [0.717, 1.165) is 16.5 Å². The maximum absolute atomic E-state index is 11.3. The van der Waals surface area contributed by atoms with E-state index < -0.39 is 4.92 Å². The Morgan fingerprint density at radius 3 is 2.68 bits per heavy atom. The van der Waals surface area contributed by atoms with E-state index >= 15 is 0 Å². The molecule has 0 aliphatic heterocycles. The molecule has 0 spiro atoms. The van der Waals surface area contributed by atoms with Gasteiger partial charge in [0.2, 0.25) is 5.91 Å². The first-order valence-electron chi connectivity index (χ1n) is 5.77. The van der Waals surface area contributed by atoms with Gasteiger partial charge < -0.3 is 5.32 Å². The molecule has 0 heterocycles. The summed E-state index contributed by atoms with van der Waals surface area (Å²) in [6.07, 6.45) is 3.77. The molecule has 3 rings (SSSR count). The fraction of sp³-hybridized carbons (Fsp3) is 0.0714. The second kappa shape index (κ2) is 3.91. The third-order valence-corrected chi connectivity index (χ3v) is 3.14. The van der Waals surface area contributed by atoms with Gasteiger partial charge in [-0.2, -0.15) is 0 Å². The van der Waals surface area contributed by atoms with Gasteiger partial charge in [0.25, 0.3) is 5.69 Å². The van der Waals surface area contributed by atoms with E-state index in [1.54, 1.807) is 6.07 Å². The van der Waals surface area contributed by atoms with Crippen LogP contribution in [0, 0.1) is 10.1 Å². The fourth-order valence-corrected chi connectivity index (χ4v) is 2.43. The lowest BCUT2D eigenvalue weighted by atomic mass is 10.0. The molecule has 2 aromatic carbocycles. The Bertz CT molecular complexity index is 763. The van der Waals surface area contributed by atoms with Crippen molar-refractivity contribution in [2.24, 2.45) is 0 Å². The standard InChI is InChI=1S/C14H10N2O3/c1-8(17)15-14-11-4-2-3-9-5-6-10(13(9)11)7-12(14)16(18)19/h2-7H,1H3,(H,15,17). The highest BCUT2D eigenvalue weighted by atomic mass is 16.6. The summed E-state index contributed by atoms with van der Waals surface area (Å²) in [6, 6.07) is 7.05. The summed E-state index contributed by atoms with van der Waals surface area (Å²) in [5, 5.41) is 15.4. The van der Waals surface area contributed by atoms with Crippen LogP contribution in [-0.4, -0.2) is 10.8 Å². The molecule has 0 aromatic heterocycles.